The van der Waals surface area contributed by atoms with Crippen molar-refractivity contribution in [2.24, 2.45) is 0 Å². The fourth-order valence-electron chi connectivity index (χ4n) is 2.07. The Balaban J connectivity index is 2.20. The molecule has 0 aliphatic carbocycles. The van der Waals surface area contributed by atoms with Gasteiger partial charge in [0.25, 0.3) is 5.91 Å². The Morgan fingerprint density at radius 3 is 2.57 bits per heavy atom. The second-order valence-corrected chi connectivity index (χ2v) is 4.95. The molecule has 3 N–H and O–H groups in total. The van der Waals surface area contributed by atoms with Crippen LogP contribution in [0.3, 0.4) is 0 Å². The second-order valence-electron chi connectivity index (χ2n) is 4.95. The van der Waals surface area contributed by atoms with Crippen LogP contribution >= 0.6 is 0 Å². The Hall–Kier alpha value is -2.43. The van der Waals surface area contributed by atoms with Crippen LogP contribution in [-0.2, 0) is 0 Å². The van der Waals surface area contributed by atoms with Gasteiger partial charge in [-0.1, -0.05) is 17.7 Å². The lowest BCUT2D eigenvalue weighted by molar-refractivity contribution is 0.0940. The van der Waals surface area contributed by atoms with Gasteiger partial charge >= 0.3 is 0 Å². The summed E-state index contributed by atoms with van der Waals surface area (Å²) in [6.07, 6.45) is 0. The molecule has 0 radical (unpaired) electrons. The van der Waals surface area contributed by atoms with E-state index in [4.69, 9.17) is 5.73 Å². The highest BCUT2D eigenvalue weighted by atomic mass is 19.1. The van der Waals surface area contributed by atoms with E-state index < -0.39 is 23.6 Å². The number of hydrogen-bond acceptors (Lipinski definition) is 2. The fourth-order valence-corrected chi connectivity index (χ4v) is 2.07. The van der Waals surface area contributed by atoms with E-state index in [1.54, 1.807) is 25.1 Å². The number of benzene rings is 2. The lowest BCUT2D eigenvalue weighted by Crippen LogP contribution is -2.28. The lowest BCUT2D eigenvalue weighted by atomic mass is 10.1. The van der Waals surface area contributed by atoms with Crippen LogP contribution in [-0.4, -0.2) is 5.91 Å². The molecule has 0 aliphatic heterocycles. The molecular weight excluding hydrogens is 274 g/mol. The molecule has 0 bridgehead atoms. The first-order valence-electron chi connectivity index (χ1n) is 6.50. The zero-order chi connectivity index (χ0) is 15.6. The van der Waals surface area contributed by atoms with E-state index in [1.165, 1.54) is 6.07 Å². The van der Waals surface area contributed by atoms with Crippen LogP contribution in [0.2, 0.25) is 0 Å². The number of nitrogen functional groups attached to an aromatic ring is 1. The molecule has 0 aromatic heterocycles. The maximum atomic E-state index is 13.7. The topological polar surface area (TPSA) is 55.1 Å². The average molecular weight is 290 g/mol. The van der Waals surface area contributed by atoms with E-state index in [0.29, 0.717) is 11.3 Å². The number of aryl methyl sites for hydroxylation is 1. The third kappa shape index (κ3) is 3.37. The quantitative estimate of drug-likeness (QED) is 0.852. The molecule has 0 saturated heterocycles. The van der Waals surface area contributed by atoms with Gasteiger partial charge < -0.3 is 11.1 Å². The third-order valence-corrected chi connectivity index (χ3v) is 3.23. The molecule has 0 spiro atoms. The smallest absolute Gasteiger partial charge is 0.253 e. The van der Waals surface area contributed by atoms with Crippen molar-refractivity contribution in [1.29, 1.82) is 0 Å². The highest BCUT2D eigenvalue weighted by Gasteiger charge is 2.17. The summed E-state index contributed by atoms with van der Waals surface area (Å²) >= 11 is 0. The van der Waals surface area contributed by atoms with E-state index in [1.807, 2.05) is 6.92 Å². The van der Waals surface area contributed by atoms with Crippen LogP contribution in [0.25, 0.3) is 0 Å². The zero-order valence-electron chi connectivity index (χ0n) is 11.8. The Morgan fingerprint density at radius 2 is 1.90 bits per heavy atom. The fraction of sp³-hybridized carbons (Fsp3) is 0.188. The molecule has 110 valence electrons. The molecule has 3 nitrogen and oxygen atoms in total. The highest BCUT2D eigenvalue weighted by molar-refractivity contribution is 5.99. The van der Waals surface area contributed by atoms with Crippen molar-refractivity contribution in [2.45, 2.75) is 19.9 Å². The first kappa shape index (κ1) is 15.0. The van der Waals surface area contributed by atoms with Gasteiger partial charge in [-0.3, -0.25) is 4.79 Å². The second kappa shape index (κ2) is 5.91. The van der Waals surface area contributed by atoms with E-state index in [9.17, 15) is 13.6 Å². The molecule has 21 heavy (non-hydrogen) atoms. The third-order valence-electron chi connectivity index (χ3n) is 3.23. The van der Waals surface area contributed by atoms with Crippen molar-refractivity contribution in [1.82, 2.24) is 5.32 Å². The molecule has 0 heterocycles. The molecule has 0 aliphatic rings. The van der Waals surface area contributed by atoms with Crippen LogP contribution in [0.15, 0.2) is 36.4 Å². The molecule has 1 unspecified atom stereocenters. The van der Waals surface area contributed by atoms with Gasteiger partial charge in [-0.2, -0.15) is 0 Å². The number of amides is 1. The predicted molar refractivity (Wildman–Crippen MR) is 77.8 cm³/mol. The summed E-state index contributed by atoms with van der Waals surface area (Å²) in [5, 5.41) is 2.66. The van der Waals surface area contributed by atoms with Crippen LogP contribution in [0, 0.1) is 18.6 Å². The Labute approximate surface area is 121 Å². The minimum Gasteiger partial charge on any atom is -0.398 e. The number of carbonyl (C=O) groups excluding carboxylic acids is 1. The van der Waals surface area contributed by atoms with Gasteiger partial charge in [0.1, 0.15) is 11.6 Å². The van der Waals surface area contributed by atoms with E-state index in [2.05, 4.69) is 5.32 Å². The van der Waals surface area contributed by atoms with Gasteiger partial charge in [0.05, 0.1) is 11.6 Å². The summed E-state index contributed by atoms with van der Waals surface area (Å²) in [5.41, 5.74) is 7.58. The summed E-state index contributed by atoms with van der Waals surface area (Å²) in [6, 6.07) is 7.77. The molecule has 2 aromatic rings. The summed E-state index contributed by atoms with van der Waals surface area (Å²) in [7, 11) is 0. The summed E-state index contributed by atoms with van der Waals surface area (Å²) in [6.45, 7) is 3.47. The standard InChI is InChI=1S/C16H16F2N2O/c1-9-3-6-15(19)13(7-9)16(21)20-10(2)12-5-4-11(17)8-14(12)18/h3-8,10H,19H2,1-2H3,(H,20,21). The SMILES string of the molecule is Cc1ccc(N)c(C(=O)NC(C)c2ccc(F)cc2F)c1. The van der Waals surface area contributed by atoms with E-state index >= 15 is 0 Å². The van der Waals surface area contributed by atoms with Crippen molar-refractivity contribution in [2.75, 3.05) is 5.73 Å². The molecule has 0 saturated carbocycles. The number of anilines is 1. The first-order valence-corrected chi connectivity index (χ1v) is 6.50. The number of nitrogens with one attached hydrogen (secondary N) is 1. The maximum Gasteiger partial charge on any atom is 0.253 e. The summed E-state index contributed by atoms with van der Waals surface area (Å²) in [5.74, 6) is -1.75. The monoisotopic (exact) mass is 290 g/mol. The van der Waals surface area contributed by atoms with Gasteiger partial charge in [0.2, 0.25) is 0 Å². The van der Waals surface area contributed by atoms with Crippen molar-refractivity contribution < 1.29 is 13.6 Å². The van der Waals surface area contributed by atoms with Gasteiger partial charge in [-0.25, -0.2) is 8.78 Å². The van der Waals surface area contributed by atoms with Crippen molar-refractivity contribution in [3.05, 3.63) is 64.7 Å². The molecule has 5 heteroatoms. The number of hydrogen-bond donors (Lipinski definition) is 2. The Morgan fingerprint density at radius 1 is 1.19 bits per heavy atom. The largest absolute Gasteiger partial charge is 0.398 e. The molecule has 1 atom stereocenters. The van der Waals surface area contributed by atoms with Crippen LogP contribution in [0.5, 0.6) is 0 Å². The maximum absolute atomic E-state index is 13.7. The molecular formula is C16H16F2N2O. The van der Waals surface area contributed by atoms with E-state index in [-0.39, 0.29) is 5.56 Å². The van der Waals surface area contributed by atoms with Gasteiger partial charge in [-0.05, 0) is 32.0 Å². The number of halogens is 2. The minimum atomic E-state index is -0.694. The van der Waals surface area contributed by atoms with Crippen LogP contribution in [0.4, 0.5) is 14.5 Å². The average Bonchev–Trinajstić information content (AvgIpc) is 2.41. The first-order chi connectivity index (χ1) is 9.88. The van der Waals surface area contributed by atoms with E-state index in [0.717, 1.165) is 17.7 Å². The normalized spacial score (nSPS) is 12.0. The van der Waals surface area contributed by atoms with Gasteiger partial charge in [0, 0.05) is 17.3 Å². The minimum absolute atomic E-state index is 0.218. The van der Waals surface area contributed by atoms with Crippen molar-refractivity contribution in [3.8, 4) is 0 Å². The molecule has 0 fully saturated rings. The summed E-state index contributed by atoms with van der Waals surface area (Å²) < 4.78 is 26.6. The van der Waals surface area contributed by atoms with Crippen LogP contribution in [0.1, 0.15) is 34.5 Å². The molecule has 2 rings (SSSR count). The predicted octanol–water partition coefficient (Wildman–Crippen LogP) is 3.35. The van der Waals surface area contributed by atoms with Crippen LogP contribution < -0.4 is 11.1 Å². The number of nitrogens with two attached hydrogens (primary N) is 1. The molecule has 2 aromatic carbocycles. The zero-order valence-corrected chi connectivity index (χ0v) is 11.8. The lowest BCUT2D eigenvalue weighted by Gasteiger charge is -2.16. The number of rotatable bonds is 3. The Bertz CT molecular complexity index is 686. The Kier molecular flexibility index (Phi) is 4.21. The summed E-state index contributed by atoms with van der Waals surface area (Å²) in [4.78, 5) is 12.2. The van der Waals surface area contributed by atoms with Gasteiger partial charge in [0.15, 0.2) is 0 Å². The highest BCUT2D eigenvalue weighted by Crippen LogP contribution is 2.20. The number of carbonyl (C=O) groups is 1. The van der Waals surface area contributed by atoms with Crippen molar-refractivity contribution in [3.63, 3.8) is 0 Å². The van der Waals surface area contributed by atoms with Crippen molar-refractivity contribution >= 4 is 11.6 Å². The van der Waals surface area contributed by atoms with Gasteiger partial charge in [-0.15, -0.1) is 0 Å². The molecule has 1 amide bonds.